The molecule has 0 atom stereocenters. The number of H-pyrrole nitrogens is 1. The highest BCUT2D eigenvalue weighted by Crippen LogP contribution is 2.37. The van der Waals surface area contributed by atoms with Crippen LogP contribution in [-0.4, -0.2) is 70.4 Å². The summed E-state index contributed by atoms with van der Waals surface area (Å²) in [5, 5.41) is 5.69. The molecule has 0 saturated carbocycles. The second-order valence-corrected chi connectivity index (χ2v) is 8.83. The van der Waals surface area contributed by atoms with Crippen molar-refractivity contribution in [1.29, 1.82) is 0 Å². The third-order valence-corrected chi connectivity index (χ3v) is 6.14. The van der Waals surface area contributed by atoms with Crippen molar-refractivity contribution in [3.05, 3.63) is 53.5 Å². The first kappa shape index (κ1) is 22.7. The average Bonchev–Trinajstić information content (AvgIpc) is 3.24. The van der Waals surface area contributed by atoms with E-state index in [9.17, 15) is 9.59 Å². The van der Waals surface area contributed by atoms with Crippen LogP contribution in [0.15, 0.2) is 31.1 Å². The number of rotatable bonds is 7. The number of fused-ring (bicyclic) bond motifs is 5. The van der Waals surface area contributed by atoms with Crippen molar-refractivity contribution in [2.24, 2.45) is 0 Å². The molecular weight excluding hydrogens is 446 g/mol. The minimum Gasteiger partial charge on any atom is -0.475 e. The summed E-state index contributed by atoms with van der Waals surface area (Å²) < 4.78 is 5.79. The third-order valence-electron chi connectivity index (χ3n) is 6.14. The van der Waals surface area contributed by atoms with E-state index in [4.69, 9.17) is 9.72 Å². The molecule has 3 aromatic heterocycles. The van der Waals surface area contributed by atoms with Crippen LogP contribution in [-0.2, 0) is 24.1 Å². The maximum atomic E-state index is 12.5. The molecule has 3 N–H and O–H groups in total. The van der Waals surface area contributed by atoms with E-state index in [-0.39, 0.29) is 11.8 Å². The largest absolute Gasteiger partial charge is 0.475 e. The van der Waals surface area contributed by atoms with Crippen molar-refractivity contribution in [2.45, 2.75) is 19.3 Å². The lowest BCUT2D eigenvalue weighted by Crippen LogP contribution is -2.32. The van der Waals surface area contributed by atoms with E-state index in [1.165, 1.54) is 6.08 Å². The SMILES string of the molecule is C=CC(=O)Nc1cc(-c2ncc3c(n2)-c2[nH]c4c(c2CC3)C(=O)NCC4)cnc1OCCN(C)C. The molecule has 0 bridgehead atoms. The minimum absolute atomic E-state index is 0.0295. The monoisotopic (exact) mass is 473 g/mol. The number of hydrogen-bond acceptors (Lipinski definition) is 7. The van der Waals surface area contributed by atoms with Gasteiger partial charge in [0.15, 0.2) is 5.82 Å². The van der Waals surface area contributed by atoms with Gasteiger partial charge >= 0.3 is 0 Å². The summed E-state index contributed by atoms with van der Waals surface area (Å²) in [5.41, 5.74) is 6.48. The Morgan fingerprint density at radius 1 is 1.26 bits per heavy atom. The molecule has 0 fully saturated rings. The molecule has 2 amide bonds. The maximum Gasteiger partial charge on any atom is 0.253 e. The van der Waals surface area contributed by atoms with Gasteiger partial charge < -0.3 is 25.3 Å². The van der Waals surface area contributed by atoms with Crippen LogP contribution >= 0.6 is 0 Å². The second kappa shape index (κ2) is 9.30. The lowest BCUT2D eigenvalue weighted by Gasteiger charge is -2.18. The maximum absolute atomic E-state index is 12.5. The molecule has 0 saturated heterocycles. The van der Waals surface area contributed by atoms with Gasteiger partial charge in [0.1, 0.15) is 12.3 Å². The molecule has 0 aromatic carbocycles. The average molecular weight is 474 g/mol. The molecule has 10 heteroatoms. The van der Waals surface area contributed by atoms with Crippen LogP contribution in [0, 0.1) is 0 Å². The fraction of sp³-hybridized carbons (Fsp3) is 0.320. The van der Waals surface area contributed by atoms with Crippen molar-refractivity contribution >= 4 is 17.5 Å². The van der Waals surface area contributed by atoms with Gasteiger partial charge in [-0.15, -0.1) is 0 Å². The highest BCUT2D eigenvalue weighted by atomic mass is 16.5. The number of nitrogens with one attached hydrogen (secondary N) is 3. The number of hydrogen-bond donors (Lipinski definition) is 3. The molecule has 1 aliphatic heterocycles. The molecule has 0 unspecified atom stereocenters. The normalized spacial score (nSPS) is 14.0. The first-order valence-corrected chi connectivity index (χ1v) is 11.5. The molecule has 10 nitrogen and oxygen atoms in total. The zero-order valence-corrected chi connectivity index (χ0v) is 19.8. The number of likely N-dealkylation sites (N-methyl/N-ethyl adjacent to an activating group) is 1. The smallest absolute Gasteiger partial charge is 0.253 e. The van der Waals surface area contributed by atoms with E-state index < -0.39 is 0 Å². The molecule has 2 aliphatic rings. The minimum atomic E-state index is -0.368. The number of aryl methyl sites for hydroxylation is 1. The van der Waals surface area contributed by atoms with Crippen LogP contribution in [0.1, 0.15) is 27.2 Å². The molecule has 180 valence electrons. The number of nitrogens with zero attached hydrogens (tertiary/aromatic N) is 4. The summed E-state index contributed by atoms with van der Waals surface area (Å²) in [6.45, 7) is 5.26. The quantitative estimate of drug-likeness (QED) is 0.448. The predicted molar refractivity (Wildman–Crippen MR) is 131 cm³/mol. The number of aromatic nitrogens is 4. The third kappa shape index (κ3) is 4.40. The van der Waals surface area contributed by atoms with Crippen LogP contribution in [0.3, 0.4) is 0 Å². The number of pyridine rings is 1. The molecule has 5 rings (SSSR count). The van der Waals surface area contributed by atoms with Crippen molar-refractivity contribution in [3.8, 4) is 28.7 Å². The lowest BCUT2D eigenvalue weighted by molar-refractivity contribution is -0.111. The van der Waals surface area contributed by atoms with E-state index in [1.807, 2.05) is 25.2 Å². The number of ether oxygens (including phenoxy) is 1. The Morgan fingerprint density at radius 2 is 2.11 bits per heavy atom. The highest BCUT2D eigenvalue weighted by molar-refractivity contribution is 6.01. The Bertz CT molecular complexity index is 1330. The van der Waals surface area contributed by atoms with Gasteiger partial charge in [0, 0.05) is 43.2 Å². The summed E-state index contributed by atoms with van der Waals surface area (Å²) in [7, 11) is 3.90. The molecule has 35 heavy (non-hydrogen) atoms. The summed E-state index contributed by atoms with van der Waals surface area (Å²) in [4.78, 5) is 43.8. The van der Waals surface area contributed by atoms with Crippen molar-refractivity contribution < 1.29 is 14.3 Å². The van der Waals surface area contributed by atoms with E-state index in [1.54, 1.807) is 12.3 Å². The number of carbonyl (C=O) groups excluding carboxylic acids is 2. The Balaban J connectivity index is 1.51. The van der Waals surface area contributed by atoms with Crippen LogP contribution in [0.4, 0.5) is 5.69 Å². The van der Waals surface area contributed by atoms with Crippen LogP contribution in [0.25, 0.3) is 22.8 Å². The number of anilines is 1. The predicted octanol–water partition coefficient (Wildman–Crippen LogP) is 1.98. The van der Waals surface area contributed by atoms with E-state index in [2.05, 4.69) is 32.2 Å². The van der Waals surface area contributed by atoms with E-state index in [0.29, 0.717) is 42.7 Å². The first-order valence-electron chi connectivity index (χ1n) is 11.5. The van der Waals surface area contributed by atoms with Crippen LogP contribution in [0.5, 0.6) is 5.88 Å². The zero-order valence-electron chi connectivity index (χ0n) is 19.8. The fourth-order valence-corrected chi connectivity index (χ4v) is 4.39. The second-order valence-electron chi connectivity index (χ2n) is 8.83. The van der Waals surface area contributed by atoms with Gasteiger partial charge in [0.25, 0.3) is 5.91 Å². The van der Waals surface area contributed by atoms with E-state index in [0.717, 1.165) is 53.0 Å². The van der Waals surface area contributed by atoms with Gasteiger partial charge in [-0.3, -0.25) is 9.59 Å². The zero-order chi connectivity index (χ0) is 24.5. The first-order chi connectivity index (χ1) is 16.9. The van der Waals surface area contributed by atoms with E-state index >= 15 is 0 Å². The molecule has 0 spiro atoms. The molecular formula is C25H27N7O3. The number of aromatic amines is 1. The van der Waals surface area contributed by atoms with Crippen molar-refractivity contribution in [2.75, 3.05) is 39.1 Å². The van der Waals surface area contributed by atoms with Gasteiger partial charge in [0.05, 0.1) is 17.0 Å². The Labute approximate surface area is 202 Å². The van der Waals surface area contributed by atoms with Gasteiger partial charge in [0.2, 0.25) is 11.8 Å². The molecule has 1 aliphatic carbocycles. The number of amides is 2. The Morgan fingerprint density at radius 3 is 2.91 bits per heavy atom. The van der Waals surface area contributed by atoms with Gasteiger partial charge in [-0.2, -0.15) is 0 Å². The van der Waals surface area contributed by atoms with Crippen molar-refractivity contribution in [3.63, 3.8) is 0 Å². The standard InChI is InChI=1S/C25H27N7O3/c1-4-19(33)29-18-11-15(13-28-25(18)35-10-9-32(2)3)23-27-12-14-5-6-16-20-17(7-8-26-24(20)34)30-22(16)21(14)31-23/h4,11-13,30H,1,5-10H2,2-3H3,(H,26,34)(H,29,33). The van der Waals surface area contributed by atoms with Gasteiger partial charge in [-0.25, -0.2) is 15.0 Å². The fourth-order valence-electron chi connectivity index (χ4n) is 4.39. The Hall–Kier alpha value is -4.05. The Kier molecular flexibility index (Phi) is 6.04. The van der Waals surface area contributed by atoms with Crippen LogP contribution in [0.2, 0.25) is 0 Å². The lowest BCUT2D eigenvalue weighted by atomic mass is 9.91. The number of carbonyl (C=O) groups is 2. The highest BCUT2D eigenvalue weighted by Gasteiger charge is 2.30. The van der Waals surface area contributed by atoms with Gasteiger partial charge in [-0.1, -0.05) is 6.58 Å². The summed E-state index contributed by atoms with van der Waals surface area (Å²) in [5.74, 6) is 0.384. The molecule has 4 heterocycles. The summed E-state index contributed by atoms with van der Waals surface area (Å²) >= 11 is 0. The summed E-state index contributed by atoms with van der Waals surface area (Å²) in [6, 6.07) is 1.75. The summed E-state index contributed by atoms with van der Waals surface area (Å²) in [6.07, 6.45) is 6.95. The van der Waals surface area contributed by atoms with Crippen LogP contribution < -0.4 is 15.4 Å². The van der Waals surface area contributed by atoms with Crippen molar-refractivity contribution in [1.82, 2.24) is 30.2 Å². The molecule has 0 radical (unpaired) electrons. The van der Waals surface area contributed by atoms with Gasteiger partial charge in [-0.05, 0) is 50.2 Å². The molecule has 3 aromatic rings. The topological polar surface area (TPSA) is 125 Å².